The summed E-state index contributed by atoms with van der Waals surface area (Å²) in [6.07, 6.45) is 5.10. The van der Waals surface area contributed by atoms with Crippen molar-refractivity contribution in [3.8, 4) is 0 Å². The molecule has 3 saturated heterocycles. The molecule has 2 amide bonds. The number of ether oxygens (including phenoxy) is 1. The van der Waals surface area contributed by atoms with Crippen LogP contribution in [0.25, 0.3) is 0 Å². The van der Waals surface area contributed by atoms with Gasteiger partial charge in [0.1, 0.15) is 12.6 Å². The molecule has 200 valence electrons. The van der Waals surface area contributed by atoms with Gasteiger partial charge >= 0.3 is 5.97 Å². The lowest BCUT2D eigenvalue weighted by Crippen LogP contribution is -2.57. The van der Waals surface area contributed by atoms with Crippen molar-refractivity contribution in [1.82, 2.24) is 4.90 Å². The minimum absolute atomic E-state index is 0.0179. The number of carbonyl (C=O) groups excluding carboxylic acids is 3. The molecule has 8 heteroatoms. The maximum Gasteiger partial charge on any atom is 0.311 e. The molecule has 7 nitrogen and oxygen atoms in total. The average molecular weight is 527 g/mol. The first-order valence-corrected chi connectivity index (χ1v) is 14.0. The highest BCUT2D eigenvalue weighted by Crippen LogP contribution is 2.68. The van der Waals surface area contributed by atoms with Crippen LogP contribution in [-0.4, -0.2) is 70.1 Å². The topological polar surface area (TPSA) is 87.2 Å². The summed E-state index contributed by atoms with van der Waals surface area (Å²) in [6, 6.07) is 5.29. The molecule has 1 aromatic rings. The number of carbonyl (C=O) groups is 3. The lowest BCUT2D eigenvalue weighted by Gasteiger charge is -2.40. The van der Waals surface area contributed by atoms with Gasteiger partial charge in [-0.3, -0.25) is 14.4 Å². The van der Waals surface area contributed by atoms with E-state index in [2.05, 4.69) is 20.1 Å². The first-order chi connectivity index (χ1) is 17.7. The van der Waals surface area contributed by atoms with Gasteiger partial charge < -0.3 is 19.6 Å². The van der Waals surface area contributed by atoms with E-state index in [1.807, 2.05) is 32.0 Å². The first-order valence-electron chi connectivity index (χ1n) is 13.1. The molecule has 3 heterocycles. The Hall–Kier alpha value is -2.58. The smallest absolute Gasteiger partial charge is 0.311 e. The molecule has 0 radical (unpaired) electrons. The lowest BCUT2D eigenvalue weighted by atomic mass is 9.66. The third-order valence-corrected chi connectivity index (χ3v) is 10.2. The second-order valence-electron chi connectivity index (χ2n) is 10.5. The van der Waals surface area contributed by atoms with Crippen LogP contribution in [0.4, 0.5) is 5.69 Å². The number of anilines is 1. The molecule has 3 unspecified atom stereocenters. The van der Waals surface area contributed by atoms with Crippen LogP contribution in [0.3, 0.4) is 0 Å². The Morgan fingerprint density at radius 3 is 2.70 bits per heavy atom. The van der Waals surface area contributed by atoms with Crippen LogP contribution in [0.1, 0.15) is 37.3 Å². The summed E-state index contributed by atoms with van der Waals surface area (Å²) in [4.78, 5) is 45.3. The van der Waals surface area contributed by atoms with E-state index in [9.17, 15) is 19.5 Å². The summed E-state index contributed by atoms with van der Waals surface area (Å²) < 4.78 is 4.73. The Morgan fingerprint density at radius 1 is 1.27 bits per heavy atom. The molecule has 1 N–H and O–H groups in total. The quantitative estimate of drug-likeness (QED) is 0.269. The Labute approximate surface area is 223 Å². The van der Waals surface area contributed by atoms with Crippen molar-refractivity contribution in [3.05, 3.63) is 54.6 Å². The van der Waals surface area contributed by atoms with E-state index in [1.54, 1.807) is 27.6 Å². The van der Waals surface area contributed by atoms with Gasteiger partial charge in [0.25, 0.3) is 5.91 Å². The summed E-state index contributed by atoms with van der Waals surface area (Å²) in [5.41, 5.74) is 2.81. The van der Waals surface area contributed by atoms with E-state index in [-0.39, 0.29) is 42.2 Å². The number of nitrogens with zero attached hydrogens (tertiary/aromatic N) is 2. The molecule has 3 fully saturated rings. The van der Waals surface area contributed by atoms with Gasteiger partial charge in [-0.25, -0.2) is 0 Å². The zero-order chi connectivity index (χ0) is 26.9. The Morgan fingerprint density at radius 2 is 2.03 bits per heavy atom. The number of likely N-dealkylation sites (tertiary alicyclic amines) is 1. The third kappa shape index (κ3) is 4.52. The molecule has 0 aromatic heterocycles. The Kier molecular flexibility index (Phi) is 8.19. The molecule has 6 atom stereocenters. The third-order valence-electron chi connectivity index (χ3n) is 8.14. The zero-order valence-electron chi connectivity index (χ0n) is 22.0. The van der Waals surface area contributed by atoms with Gasteiger partial charge in [0, 0.05) is 30.6 Å². The first kappa shape index (κ1) is 27.5. The molecule has 37 heavy (non-hydrogen) atoms. The number of aliphatic hydroxyl groups excluding tert-OH is 1. The SMILES string of the molecule is C=CCOC(=O)[C@@H]1[C@@H]2CC(C)C3(S2)C(C(=O)N(CC=C)c2cc(C)ccc2C)N(CCCCO)C(=O)[C@H]13. The number of aryl methyl sites for hydroxylation is 2. The van der Waals surface area contributed by atoms with Gasteiger partial charge in [0.05, 0.1) is 16.6 Å². The molecular weight excluding hydrogens is 488 g/mol. The second kappa shape index (κ2) is 11.0. The van der Waals surface area contributed by atoms with Gasteiger partial charge in [0.15, 0.2) is 0 Å². The highest BCUT2D eigenvalue weighted by molar-refractivity contribution is 8.02. The summed E-state index contributed by atoms with van der Waals surface area (Å²) in [5.74, 6) is -1.81. The predicted molar refractivity (Wildman–Crippen MR) is 146 cm³/mol. The largest absolute Gasteiger partial charge is 0.461 e. The molecule has 1 spiro atoms. The fourth-order valence-electron chi connectivity index (χ4n) is 6.53. The minimum atomic E-state index is -0.717. The van der Waals surface area contributed by atoms with Gasteiger partial charge in [-0.05, 0) is 56.2 Å². The van der Waals surface area contributed by atoms with E-state index in [0.717, 1.165) is 23.2 Å². The molecule has 2 bridgehead atoms. The van der Waals surface area contributed by atoms with E-state index >= 15 is 0 Å². The molecule has 4 rings (SSSR count). The van der Waals surface area contributed by atoms with Crippen molar-refractivity contribution in [3.63, 3.8) is 0 Å². The maximum absolute atomic E-state index is 14.6. The monoisotopic (exact) mass is 526 g/mol. The maximum atomic E-state index is 14.6. The Bertz CT molecular complexity index is 1090. The second-order valence-corrected chi connectivity index (χ2v) is 12.0. The minimum Gasteiger partial charge on any atom is -0.461 e. The van der Waals surface area contributed by atoms with Crippen LogP contribution >= 0.6 is 11.8 Å². The highest BCUT2D eigenvalue weighted by Gasteiger charge is 2.76. The lowest BCUT2D eigenvalue weighted by molar-refractivity contribution is -0.153. The van der Waals surface area contributed by atoms with Crippen LogP contribution < -0.4 is 4.90 Å². The average Bonchev–Trinajstić information content (AvgIpc) is 3.46. The number of hydrogen-bond acceptors (Lipinski definition) is 6. The van der Waals surface area contributed by atoms with Gasteiger partial charge in [-0.2, -0.15) is 0 Å². The fourth-order valence-corrected chi connectivity index (χ4v) is 8.94. The zero-order valence-corrected chi connectivity index (χ0v) is 22.8. The predicted octanol–water partition coefficient (Wildman–Crippen LogP) is 3.66. The number of benzene rings is 1. The molecule has 1 aromatic carbocycles. The molecular formula is C29H38N2O5S. The van der Waals surface area contributed by atoms with E-state index < -0.39 is 22.6 Å². The van der Waals surface area contributed by atoms with E-state index in [1.165, 1.54) is 6.08 Å². The summed E-state index contributed by atoms with van der Waals surface area (Å²) in [7, 11) is 0. The summed E-state index contributed by atoms with van der Waals surface area (Å²) in [6.45, 7) is 14.4. The number of aliphatic hydroxyl groups is 1. The number of esters is 1. The van der Waals surface area contributed by atoms with Crippen LogP contribution in [0.5, 0.6) is 0 Å². The van der Waals surface area contributed by atoms with E-state index in [0.29, 0.717) is 25.9 Å². The van der Waals surface area contributed by atoms with Gasteiger partial charge in [-0.15, -0.1) is 18.3 Å². The number of unbranched alkanes of at least 4 members (excludes halogenated alkanes) is 1. The molecule has 3 aliphatic heterocycles. The van der Waals surface area contributed by atoms with Crippen LogP contribution in [-0.2, 0) is 19.1 Å². The van der Waals surface area contributed by atoms with Crippen molar-refractivity contribution in [2.45, 2.75) is 56.1 Å². The number of rotatable bonds is 11. The number of fused-ring (bicyclic) bond motifs is 1. The molecule has 0 aliphatic carbocycles. The number of amides is 2. The molecule has 0 saturated carbocycles. The standard InChI is InChI=1S/C29H38N2O5S/c1-6-12-30(21-16-18(3)10-11-19(21)4)27(34)25-29-20(5)17-22(37-29)23(28(35)36-15-7-2)24(29)26(33)31(25)13-8-9-14-32/h6-7,10-11,16,20,22-25,32H,1-2,8-9,12-15,17H2,3-5H3/t20?,22-,23+,24-,25?,29?/m0/s1. The van der Waals surface area contributed by atoms with E-state index in [4.69, 9.17) is 4.74 Å². The number of hydrogen-bond donors (Lipinski definition) is 1. The van der Waals surface area contributed by atoms with Crippen molar-refractivity contribution in [1.29, 1.82) is 0 Å². The van der Waals surface area contributed by atoms with Crippen LogP contribution in [0.15, 0.2) is 43.5 Å². The molecule has 3 aliphatic rings. The summed E-state index contributed by atoms with van der Waals surface area (Å²) >= 11 is 1.64. The Balaban J connectivity index is 1.80. The number of thioether (sulfide) groups is 1. The van der Waals surface area contributed by atoms with Crippen LogP contribution in [0.2, 0.25) is 0 Å². The van der Waals surface area contributed by atoms with Crippen molar-refractivity contribution in [2.75, 3.05) is 31.2 Å². The van der Waals surface area contributed by atoms with Gasteiger partial charge in [0.2, 0.25) is 5.91 Å². The van der Waals surface area contributed by atoms with Crippen molar-refractivity contribution >= 4 is 35.2 Å². The van der Waals surface area contributed by atoms with Crippen molar-refractivity contribution < 1.29 is 24.2 Å². The van der Waals surface area contributed by atoms with Crippen LogP contribution in [0, 0.1) is 31.6 Å². The fraction of sp³-hybridized carbons (Fsp3) is 0.552. The van der Waals surface area contributed by atoms with Crippen molar-refractivity contribution in [2.24, 2.45) is 17.8 Å². The summed E-state index contributed by atoms with van der Waals surface area (Å²) in [5, 5.41) is 9.32. The normalized spacial score (nSPS) is 29.8. The highest BCUT2D eigenvalue weighted by atomic mass is 32.2. The van der Waals surface area contributed by atoms with Gasteiger partial charge in [-0.1, -0.05) is 37.8 Å².